The summed E-state index contributed by atoms with van der Waals surface area (Å²) in [6, 6.07) is 10.4. The van der Waals surface area contributed by atoms with Crippen molar-refractivity contribution in [2.75, 3.05) is 31.6 Å². The second-order valence-electron chi connectivity index (χ2n) is 8.60. The van der Waals surface area contributed by atoms with E-state index in [4.69, 9.17) is 4.74 Å². The number of piperidine rings is 1. The Bertz CT molecular complexity index is 855. The number of methoxy groups -OCH3 is 1. The number of hydrogen-bond donors (Lipinski definition) is 0. The molecular formula is C24H32N4O2. The molecule has 0 spiro atoms. The summed E-state index contributed by atoms with van der Waals surface area (Å²) in [5.74, 6) is 2.43. The molecule has 0 aliphatic carbocycles. The number of carbonyl (C=O) groups is 1. The Balaban J connectivity index is 1.33. The van der Waals surface area contributed by atoms with Crippen molar-refractivity contribution in [2.24, 2.45) is 5.92 Å². The van der Waals surface area contributed by atoms with Crippen LogP contribution in [0.25, 0.3) is 0 Å². The molecule has 160 valence electrons. The van der Waals surface area contributed by atoms with Crippen LogP contribution < -0.4 is 9.64 Å². The van der Waals surface area contributed by atoms with Gasteiger partial charge in [-0.15, -0.1) is 0 Å². The van der Waals surface area contributed by atoms with Gasteiger partial charge in [0, 0.05) is 37.4 Å². The molecule has 3 heterocycles. The fourth-order valence-corrected chi connectivity index (χ4v) is 4.79. The maximum atomic E-state index is 13.1. The average Bonchev–Trinajstić information content (AvgIpc) is 3.24. The smallest absolute Gasteiger partial charge is 0.225 e. The van der Waals surface area contributed by atoms with Crippen LogP contribution >= 0.6 is 0 Å². The van der Waals surface area contributed by atoms with Crippen molar-refractivity contribution in [3.63, 3.8) is 0 Å². The number of hydrogen-bond acceptors (Lipinski definition) is 5. The summed E-state index contributed by atoms with van der Waals surface area (Å²) in [6.07, 6.45) is 4.80. The lowest BCUT2D eigenvalue weighted by molar-refractivity contribution is -0.133. The van der Waals surface area contributed by atoms with Gasteiger partial charge in [0.15, 0.2) is 0 Å². The van der Waals surface area contributed by atoms with Gasteiger partial charge in [-0.25, -0.2) is 9.97 Å². The van der Waals surface area contributed by atoms with Gasteiger partial charge in [-0.1, -0.05) is 12.1 Å². The molecule has 2 aliphatic heterocycles. The first-order valence-electron chi connectivity index (χ1n) is 11.0. The molecule has 0 N–H and O–H groups in total. The van der Waals surface area contributed by atoms with E-state index >= 15 is 0 Å². The van der Waals surface area contributed by atoms with Crippen molar-refractivity contribution in [1.29, 1.82) is 0 Å². The summed E-state index contributed by atoms with van der Waals surface area (Å²) >= 11 is 0. The minimum absolute atomic E-state index is 0.201. The summed E-state index contributed by atoms with van der Waals surface area (Å²) in [6.45, 7) is 6.73. The van der Waals surface area contributed by atoms with Crippen molar-refractivity contribution in [2.45, 2.75) is 52.0 Å². The zero-order valence-corrected chi connectivity index (χ0v) is 18.3. The van der Waals surface area contributed by atoms with Crippen LogP contribution in [0.1, 0.15) is 55.1 Å². The van der Waals surface area contributed by atoms with E-state index in [2.05, 4.69) is 31.9 Å². The molecule has 30 heavy (non-hydrogen) atoms. The van der Waals surface area contributed by atoms with E-state index in [9.17, 15) is 4.79 Å². The van der Waals surface area contributed by atoms with Crippen molar-refractivity contribution in [3.05, 3.63) is 47.3 Å². The molecule has 2 aliphatic rings. The van der Waals surface area contributed by atoms with Gasteiger partial charge in [0.1, 0.15) is 5.75 Å². The van der Waals surface area contributed by atoms with Gasteiger partial charge in [0.2, 0.25) is 11.9 Å². The van der Waals surface area contributed by atoms with E-state index in [1.54, 1.807) is 7.11 Å². The Labute approximate surface area is 179 Å². The van der Waals surface area contributed by atoms with Gasteiger partial charge in [0.25, 0.3) is 0 Å². The van der Waals surface area contributed by atoms with Crippen LogP contribution in [0, 0.1) is 19.8 Å². The zero-order chi connectivity index (χ0) is 21.1. The molecular weight excluding hydrogens is 376 g/mol. The van der Waals surface area contributed by atoms with Gasteiger partial charge in [0.05, 0.1) is 13.2 Å². The number of carbonyl (C=O) groups excluding carboxylic acids is 1. The van der Waals surface area contributed by atoms with Crippen molar-refractivity contribution < 1.29 is 9.53 Å². The van der Waals surface area contributed by atoms with Crippen molar-refractivity contribution in [3.8, 4) is 5.75 Å². The van der Waals surface area contributed by atoms with Crippen LogP contribution in [0.5, 0.6) is 5.75 Å². The molecule has 1 aromatic carbocycles. The fourth-order valence-electron chi connectivity index (χ4n) is 4.79. The van der Waals surface area contributed by atoms with Crippen LogP contribution in [-0.2, 0) is 4.79 Å². The first-order valence-corrected chi connectivity index (χ1v) is 11.0. The van der Waals surface area contributed by atoms with E-state index in [0.29, 0.717) is 18.2 Å². The van der Waals surface area contributed by atoms with Crippen LogP contribution in [-0.4, -0.2) is 47.5 Å². The quantitative estimate of drug-likeness (QED) is 0.746. The Morgan fingerprint density at radius 1 is 1.03 bits per heavy atom. The summed E-state index contributed by atoms with van der Waals surface area (Å²) in [4.78, 5) is 26.7. The molecule has 6 heteroatoms. The Morgan fingerprint density at radius 2 is 1.70 bits per heavy atom. The maximum absolute atomic E-state index is 13.1. The first kappa shape index (κ1) is 20.6. The van der Waals surface area contributed by atoms with Crippen molar-refractivity contribution >= 4 is 11.9 Å². The van der Waals surface area contributed by atoms with Gasteiger partial charge < -0.3 is 14.5 Å². The molecule has 4 rings (SSSR count). The van der Waals surface area contributed by atoms with E-state index in [1.807, 2.05) is 32.0 Å². The highest BCUT2D eigenvalue weighted by molar-refractivity contribution is 5.77. The van der Waals surface area contributed by atoms with Crippen LogP contribution in [0.15, 0.2) is 30.3 Å². The zero-order valence-electron chi connectivity index (χ0n) is 18.3. The number of aromatic nitrogens is 2. The molecule has 2 saturated heterocycles. The lowest BCUT2D eigenvalue weighted by Gasteiger charge is -2.33. The third-order valence-corrected chi connectivity index (χ3v) is 6.40. The standard InChI is InChI=1S/C24H32N4O2/c1-17-15-18(2)26-24(25-17)27-13-10-19(11-14-27)16-23(29)28-12-4-5-22(28)20-6-8-21(30-3)9-7-20/h6-9,15,19,22H,4-5,10-14,16H2,1-3H3/t22-/m1/s1. The molecule has 0 saturated carbocycles. The molecule has 2 fully saturated rings. The number of nitrogens with zero attached hydrogens (tertiary/aromatic N) is 4. The largest absolute Gasteiger partial charge is 0.497 e. The Morgan fingerprint density at radius 3 is 2.33 bits per heavy atom. The van der Waals surface area contributed by atoms with Gasteiger partial charge >= 0.3 is 0 Å². The fraction of sp³-hybridized carbons (Fsp3) is 0.542. The van der Waals surface area contributed by atoms with Crippen LogP contribution in [0.4, 0.5) is 5.95 Å². The predicted molar refractivity (Wildman–Crippen MR) is 118 cm³/mol. The van der Waals surface area contributed by atoms with Gasteiger partial charge in [-0.3, -0.25) is 4.79 Å². The van der Waals surface area contributed by atoms with E-state index in [0.717, 1.165) is 68.4 Å². The highest BCUT2D eigenvalue weighted by Crippen LogP contribution is 2.34. The number of likely N-dealkylation sites (tertiary alicyclic amines) is 1. The Hall–Kier alpha value is -2.63. The highest BCUT2D eigenvalue weighted by Gasteiger charge is 2.32. The second kappa shape index (κ2) is 9.02. The number of ether oxygens (including phenoxy) is 1. The lowest BCUT2D eigenvalue weighted by Crippen LogP contribution is -2.38. The second-order valence-corrected chi connectivity index (χ2v) is 8.60. The molecule has 1 amide bonds. The maximum Gasteiger partial charge on any atom is 0.225 e. The number of aryl methyl sites for hydroxylation is 2. The molecule has 6 nitrogen and oxygen atoms in total. The normalized spacial score (nSPS) is 19.9. The summed E-state index contributed by atoms with van der Waals surface area (Å²) < 4.78 is 5.27. The third kappa shape index (κ3) is 4.58. The predicted octanol–water partition coefficient (Wildman–Crippen LogP) is 4.07. The van der Waals surface area contributed by atoms with Crippen molar-refractivity contribution in [1.82, 2.24) is 14.9 Å². The van der Waals surface area contributed by atoms with Gasteiger partial charge in [-0.05, 0) is 69.2 Å². The first-order chi connectivity index (χ1) is 14.5. The molecule has 1 atom stereocenters. The SMILES string of the molecule is COc1ccc([C@H]2CCCN2C(=O)CC2CCN(c3nc(C)cc(C)n3)CC2)cc1. The molecule has 0 unspecified atom stereocenters. The number of benzene rings is 1. The molecule has 1 aromatic heterocycles. The van der Waals surface area contributed by atoms with E-state index < -0.39 is 0 Å². The number of rotatable bonds is 5. The third-order valence-electron chi connectivity index (χ3n) is 6.40. The summed E-state index contributed by atoms with van der Waals surface area (Å²) in [5, 5.41) is 0. The minimum Gasteiger partial charge on any atom is -0.497 e. The van der Waals surface area contributed by atoms with E-state index in [1.165, 1.54) is 5.56 Å². The van der Waals surface area contributed by atoms with Gasteiger partial charge in [-0.2, -0.15) is 0 Å². The molecule has 0 radical (unpaired) electrons. The van der Waals surface area contributed by atoms with E-state index in [-0.39, 0.29) is 6.04 Å². The minimum atomic E-state index is 0.201. The Kier molecular flexibility index (Phi) is 6.21. The number of amides is 1. The van der Waals surface area contributed by atoms with Crippen LogP contribution in [0.3, 0.4) is 0 Å². The molecule has 2 aromatic rings. The summed E-state index contributed by atoms with van der Waals surface area (Å²) in [5.41, 5.74) is 3.23. The lowest BCUT2D eigenvalue weighted by atomic mass is 9.92. The average molecular weight is 409 g/mol. The van der Waals surface area contributed by atoms with Crippen LogP contribution in [0.2, 0.25) is 0 Å². The molecule has 0 bridgehead atoms. The topological polar surface area (TPSA) is 58.6 Å². The summed E-state index contributed by atoms with van der Waals surface area (Å²) in [7, 11) is 1.68. The highest BCUT2D eigenvalue weighted by atomic mass is 16.5. The number of anilines is 1. The monoisotopic (exact) mass is 408 g/mol.